The van der Waals surface area contributed by atoms with E-state index in [9.17, 15) is 4.79 Å². The maximum atomic E-state index is 11.6. The van der Waals surface area contributed by atoms with Crippen LogP contribution in [0.15, 0.2) is 4.99 Å². The lowest BCUT2D eigenvalue weighted by Crippen LogP contribution is -2.42. The van der Waals surface area contributed by atoms with Gasteiger partial charge in [0.25, 0.3) is 0 Å². The predicted octanol–water partition coefficient (Wildman–Crippen LogP) is 0.258. The number of carbonyl (C=O) groups excluding carboxylic acids is 1. The molecule has 5 heteroatoms. The van der Waals surface area contributed by atoms with Crippen LogP contribution in [-0.2, 0) is 4.79 Å². The first-order valence-electron chi connectivity index (χ1n) is 5.83. The number of likely N-dealkylation sites (N-methyl/N-ethyl adjacent to an activating group) is 1. The molecule has 0 radical (unpaired) electrons. The van der Waals surface area contributed by atoms with Gasteiger partial charge in [-0.3, -0.25) is 9.79 Å². The van der Waals surface area contributed by atoms with Crippen LogP contribution in [0.4, 0.5) is 0 Å². The SMILES string of the molecule is CCCNC(=O)C(CCCN=C(C)N)NC. The summed E-state index contributed by atoms with van der Waals surface area (Å²) in [5.41, 5.74) is 5.42. The summed E-state index contributed by atoms with van der Waals surface area (Å²) < 4.78 is 0. The molecule has 0 aliphatic rings. The molecule has 0 heterocycles. The summed E-state index contributed by atoms with van der Waals surface area (Å²) in [4.78, 5) is 15.7. The van der Waals surface area contributed by atoms with Crippen LogP contribution in [0, 0.1) is 0 Å². The number of aliphatic imine (C=N–C) groups is 1. The van der Waals surface area contributed by atoms with E-state index in [1.165, 1.54) is 0 Å². The standard InChI is InChI=1S/C11H24N4O/c1-4-7-15-11(16)10(13-3)6-5-8-14-9(2)12/h10,13H,4-8H2,1-3H3,(H2,12,14)(H,15,16). The molecule has 0 rings (SSSR count). The number of nitrogens with zero attached hydrogens (tertiary/aromatic N) is 1. The van der Waals surface area contributed by atoms with Gasteiger partial charge in [0.05, 0.1) is 11.9 Å². The third-order valence-electron chi connectivity index (χ3n) is 2.23. The molecule has 1 atom stereocenters. The van der Waals surface area contributed by atoms with Crippen molar-refractivity contribution < 1.29 is 4.79 Å². The Morgan fingerprint density at radius 3 is 2.69 bits per heavy atom. The zero-order chi connectivity index (χ0) is 12.4. The molecule has 0 fully saturated rings. The van der Waals surface area contributed by atoms with Gasteiger partial charge in [0.1, 0.15) is 0 Å². The number of hydrogen-bond donors (Lipinski definition) is 3. The van der Waals surface area contributed by atoms with Gasteiger partial charge in [0, 0.05) is 13.1 Å². The third-order valence-corrected chi connectivity index (χ3v) is 2.23. The number of rotatable bonds is 8. The minimum Gasteiger partial charge on any atom is -0.388 e. The maximum absolute atomic E-state index is 11.6. The van der Waals surface area contributed by atoms with Crippen LogP contribution >= 0.6 is 0 Å². The second kappa shape index (κ2) is 9.15. The van der Waals surface area contributed by atoms with Gasteiger partial charge in [0.15, 0.2) is 0 Å². The Bertz CT molecular complexity index is 224. The highest BCUT2D eigenvalue weighted by Gasteiger charge is 2.14. The number of nitrogens with one attached hydrogen (secondary N) is 2. The summed E-state index contributed by atoms with van der Waals surface area (Å²) in [5, 5.41) is 5.88. The molecule has 1 unspecified atom stereocenters. The van der Waals surface area contributed by atoms with E-state index in [0.717, 1.165) is 25.8 Å². The van der Waals surface area contributed by atoms with E-state index in [1.807, 2.05) is 6.92 Å². The molecule has 4 N–H and O–H groups in total. The van der Waals surface area contributed by atoms with E-state index < -0.39 is 0 Å². The zero-order valence-electron chi connectivity index (χ0n) is 10.5. The van der Waals surface area contributed by atoms with Crippen LogP contribution in [0.2, 0.25) is 0 Å². The molecule has 5 nitrogen and oxygen atoms in total. The molecule has 0 spiro atoms. The Hall–Kier alpha value is -1.10. The van der Waals surface area contributed by atoms with Crippen LogP contribution in [0.5, 0.6) is 0 Å². The van der Waals surface area contributed by atoms with Crippen molar-refractivity contribution in [2.75, 3.05) is 20.1 Å². The van der Waals surface area contributed by atoms with Crippen molar-refractivity contribution in [1.82, 2.24) is 10.6 Å². The fourth-order valence-corrected chi connectivity index (χ4v) is 1.33. The van der Waals surface area contributed by atoms with Crippen molar-refractivity contribution in [3.63, 3.8) is 0 Å². The first kappa shape index (κ1) is 14.9. The molecule has 94 valence electrons. The Morgan fingerprint density at radius 1 is 1.50 bits per heavy atom. The maximum Gasteiger partial charge on any atom is 0.237 e. The van der Waals surface area contributed by atoms with Crippen molar-refractivity contribution in [2.45, 2.75) is 39.2 Å². The fourth-order valence-electron chi connectivity index (χ4n) is 1.33. The van der Waals surface area contributed by atoms with Gasteiger partial charge in [-0.15, -0.1) is 0 Å². The van der Waals surface area contributed by atoms with Gasteiger partial charge in [-0.2, -0.15) is 0 Å². The summed E-state index contributed by atoms with van der Waals surface area (Å²) in [7, 11) is 1.80. The molecule has 0 bridgehead atoms. The van der Waals surface area contributed by atoms with Crippen LogP contribution < -0.4 is 16.4 Å². The van der Waals surface area contributed by atoms with Gasteiger partial charge < -0.3 is 16.4 Å². The van der Waals surface area contributed by atoms with Crippen molar-refractivity contribution in [2.24, 2.45) is 10.7 Å². The van der Waals surface area contributed by atoms with Gasteiger partial charge in [-0.25, -0.2) is 0 Å². The number of carbonyl (C=O) groups is 1. The van der Waals surface area contributed by atoms with E-state index >= 15 is 0 Å². The first-order chi connectivity index (χ1) is 7.61. The predicted molar refractivity (Wildman–Crippen MR) is 67.5 cm³/mol. The highest BCUT2D eigenvalue weighted by molar-refractivity contribution is 5.81. The van der Waals surface area contributed by atoms with E-state index in [2.05, 4.69) is 15.6 Å². The van der Waals surface area contributed by atoms with Crippen LogP contribution in [0.1, 0.15) is 33.1 Å². The molecule has 0 aromatic heterocycles. The van der Waals surface area contributed by atoms with Gasteiger partial charge >= 0.3 is 0 Å². The Morgan fingerprint density at radius 2 is 2.19 bits per heavy atom. The Kier molecular flexibility index (Phi) is 8.52. The second-order valence-electron chi connectivity index (χ2n) is 3.80. The molecule has 1 amide bonds. The molecule has 0 aromatic carbocycles. The second-order valence-corrected chi connectivity index (χ2v) is 3.80. The quantitative estimate of drug-likeness (QED) is 0.317. The average molecular weight is 228 g/mol. The lowest BCUT2D eigenvalue weighted by molar-refractivity contribution is -0.123. The largest absolute Gasteiger partial charge is 0.388 e. The van der Waals surface area contributed by atoms with Crippen molar-refractivity contribution in [3.8, 4) is 0 Å². The minimum atomic E-state index is -0.125. The molecule has 0 aliphatic heterocycles. The summed E-state index contributed by atoms with van der Waals surface area (Å²) >= 11 is 0. The summed E-state index contributed by atoms with van der Waals surface area (Å²) in [6, 6.07) is -0.125. The monoisotopic (exact) mass is 228 g/mol. The Balaban J connectivity index is 3.82. The van der Waals surface area contributed by atoms with Crippen molar-refractivity contribution in [1.29, 1.82) is 0 Å². The fraction of sp³-hybridized carbons (Fsp3) is 0.818. The van der Waals surface area contributed by atoms with Gasteiger partial charge in [-0.1, -0.05) is 6.92 Å². The zero-order valence-corrected chi connectivity index (χ0v) is 10.5. The number of nitrogens with two attached hydrogens (primary N) is 1. The molecule has 0 saturated heterocycles. The van der Waals surface area contributed by atoms with Crippen molar-refractivity contribution >= 4 is 11.7 Å². The molecule has 0 saturated carbocycles. The highest BCUT2D eigenvalue weighted by Crippen LogP contribution is 1.98. The van der Waals surface area contributed by atoms with E-state index in [1.54, 1.807) is 14.0 Å². The smallest absolute Gasteiger partial charge is 0.237 e. The van der Waals surface area contributed by atoms with Gasteiger partial charge in [-0.05, 0) is 33.2 Å². The number of hydrogen-bond acceptors (Lipinski definition) is 3. The third kappa shape index (κ3) is 7.23. The van der Waals surface area contributed by atoms with Crippen LogP contribution in [0.25, 0.3) is 0 Å². The molecule has 0 aromatic rings. The van der Waals surface area contributed by atoms with Crippen molar-refractivity contribution in [3.05, 3.63) is 0 Å². The Labute approximate surface area is 97.9 Å². The summed E-state index contributed by atoms with van der Waals surface area (Å²) in [6.45, 7) is 5.22. The lowest BCUT2D eigenvalue weighted by Gasteiger charge is -2.15. The summed E-state index contributed by atoms with van der Waals surface area (Å²) in [6.07, 6.45) is 2.60. The van der Waals surface area contributed by atoms with Crippen LogP contribution in [-0.4, -0.2) is 37.9 Å². The topological polar surface area (TPSA) is 79.5 Å². The van der Waals surface area contributed by atoms with E-state index in [-0.39, 0.29) is 11.9 Å². The number of amides is 1. The molecular weight excluding hydrogens is 204 g/mol. The number of amidine groups is 1. The highest BCUT2D eigenvalue weighted by atomic mass is 16.2. The molecule has 0 aliphatic carbocycles. The van der Waals surface area contributed by atoms with Gasteiger partial charge in [0.2, 0.25) is 5.91 Å². The lowest BCUT2D eigenvalue weighted by atomic mass is 10.1. The normalized spacial score (nSPS) is 13.6. The summed E-state index contributed by atoms with van der Waals surface area (Å²) in [5.74, 6) is 0.661. The van der Waals surface area contributed by atoms with E-state index in [4.69, 9.17) is 5.73 Å². The minimum absolute atomic E-state index is 0.0674. The van der Waals surface area contributed by atoms with Crippen LogP contribution in [0.3, 0.4) is 0 Å². The average Bonchev–Trinajstić information content (AvgIpc) is 2.25. The van der Waals surface area contributed by atoms with E-state index in [0.29, 0.717) is 12.4 Å². The molecule has 16 heavy (non-hydrogen) atoms. The molecular formula is C11H24N4O. The first-order valence-corrected chi connectivity index (χ1v) is 5.83.